The average molecular weight is 257 g/mol. The normalized spacial score (nSPS) is 17.8. The van der Waals surface area contributed by atoms with Gasteiger partial charge >= 0.3 is 11.9 Å². The van der Waals surface area contributed by atoms with E-state index in [1.807, 2.05) is 6.92 Å². The van der Waals surface area contributed by atoms with E-state index in [0.29, 0.717) is 12.5 Å². The fraction of sp³-hybridized carbons (Fsp3) is 0.846. The number of methoxy groups -OCH3 is 2. The number of nitrogens with zero attached hydrogens (tertiary/aromatic N) is 1. The number of hydrogen-bond donors (Lipinski definition) is 0. The van der Waals surface area contributed by atoms with Crippen LogP contribution < -0.4 is 0 Å². The summed E-state index contributed by atoms with van der Waals surface area (Å²) in [6.07, 6.45) is 4.86. The Morgan fingerprint density at radius 2 is 1.72 bits per heavy atom. The molecule has 1 aliphatic rings. The Morgan fingerprint density at radius 1 is 1.17 bits per heavy atom. The SMILES string of the molecule is COC(=O)CC(C)N(CC(=O)OC)C1CCCC1. The molecule has 1 aliphatic carbocycles. The van der Waals surface area contributed by atoms with Gasteiger partial charge in [0.15, 0.2) is 0 Å². The molecule has 1 saturated carbocycles. The van der Waals surface area contributed by atoms with Gasteiger partial charge in [0.2, 0.25) is 0 Å². The molecule has 0 saturated heterocycles. The van der Waals surface area contributed by atoms with Crippen LogP contribution in [0.25, 0.3) is 0 Å². The Kier molecular flexibility index (Phi) is 6.12. The zero-order valence-corrected chi connectivity index (χ0v) is 11.5. The second-order valence-corrected chi connectivity index (χ2v) is 4.82. The van der Waals surface area contributed by atoms with Crippen molar-refractivity contribution in [2.45, 2.75) is 51.1 Å². The number of ether oxygens (including phenoxy) is 2. The third-order valence-electron chi connectivity index (χ3n) is 3.59. The van der Waals surface area contributed by atoms with Crippen LogP contribution in [0.15, 0.2) is 0 Å². The highest BCUT2D eigenvalue weighted by atomic mass is 16.5. The van der Waals surface area contributed by atoms with Gasteiger partial charge in [0.05, 0.1) is 27.2 Å². The highest BCUT2D eigenvalue weighted by Crippen LogP contribution is 2.25. The van der Waals surface area contributed by atoms with E-state index >= 15 is 0 Å². The molecule has 1 fully saturated rings. The second-order valence-electron chi connectivity index (χ2n) is 4.82. The average Bonchev–Trinajstić information content (AvgIpc) is 2.88. The molecule has 18 heavy (non-hydrogen) atoms. The smallest absolute Gasteiger partial charge is 0.319 e. The molecular weight excluding hydrogens is 234 g/mol. The van der Waals surface area contributed by atoms with E-state index in [2.05, 4.69) is 9.64 Å². The standard InChI is InChI=1S/C13H23NO4/c1-10(8-12(15)17-2)14(9-13(16)18-3)11-6-4-5-7-11/h10-11H,4-9H2,1-3H3. The van der Waals surface area contributed by atoms with Crippen LogP contribution in [0.3, 0.4) is 0 Å². The van der Waals surface area contributed by atoms with Gasteiger partial charge in [0, 0.05) is 12.1 Å². The first-order chi connectivity index (χ1) is 8.58. The van der Waals surface area contributed by atoms with Crippen LogP contribution in [-0.4, -0.2) is 49.7 Å². The maximum absolute atomic E-state index is 11.5. The molecule has 0 amide bonds. The largest absolute Gasteiger partial charge is 0.469 e. The molecule has 0 aromatic rings. The van der Waals surface area contributed by atoms with Gasteiger partial charge in [0.25, 0.3) is 0 Å². The van der Waals surface area contributed by atoms with Crippen molar-refractivity contribution in [2.24, 2.45) is 0 Å². The summed E-state index contributed by atoms with van der Waals surface area (Å²) < 4.78 is 9.41. The molecule has 0 aromatic carbocycles. The first-order valence-electron chi connectivity index (χ1n) is 6.47. The van der Waals surface area contributed by atoms with Gasteiger partial charge in [-0.25, -0.2) is 0 Å². The number of carbonyl (C=O) groups is 2. The lowest BCUT2D eigenvalue weighted by Gasteiger charge is -2.32. The quantitative estimate of drug-likeness (QED) is 0.672. The van der Waals surface area contributed by atoms with Crippen molar-refractivity contribution in [1.82, 2.24) is 4.90 Å². The Morgan fingerprint density at radius 3 is 2.22 bits per heavy atom. The highest BCUT2D eigenvalue weighted by Gasteiger charge is 2.29. The molecule has 0 N–H and O–H groups in total. The predicted molar refractivity (Wildman–Crippen MR) is 67.1 cm³/mol. The molecule has 1 rings (SSSR count). The van der Waals surface area contributed by atoms with E-state index < -0.39 is 0 Å². The summed E-state index contributed by atoms with van der Waals surface area (Å²) in [6.45, 7) is 2.21. The fourth-order valence-electron chi connectivity index (χ4n) is 2.54. The number of esters is 2. The van der Waals surface area contributed by atoms with E-state index in [1.165, 1.54) is 27.1 Å². The lowest BCUT2D eigenvalue weighted by molar-refractivity contribution is -0.146. The number of carbonyl (C=O) groups excluding carboxylic acids is 2. The summed E-state index contributed by atoms with van der Waals surface area (Å²) in [7, 11) is 2.77. The first-order valence-corrected chi connectivity index (χ1v) is 6.47. The molecule has 0 heterocycles. The third kappa shape index (κ3) is 4.29. The second kappa shape index (κ2) is 7.36. The van der Waals surface area contributed by atoms with Crippen molar-refractivity contribution in [1.29, 1.82) is 0 Å². The van der Waals surface area contributed by atoms with Crippen molar-refractivity contribution in [3.63, 3.8) is 0 Å². The Bertz CT molecular complexity index is 287. The van der Waals surface area contributed by atoms with E-state index in [1.54, 1.807) is 0 Å². The molecular formula is C13H23NO4. The molecule has 0 radical (unpaired) electrons. The zero-order chi connectivity index (χ0) is 13.5. The van der Waals surface area contributed by atoms with Crippen molar-refractivity contribution >= 4 is 11.9 Å². The molecule has 1 atom stereocenters. The minimum absolute atomic E-state index is 0.000324. The van der Waals surface area contributed by atoms with Crippen LogP contribution in [0.2, 0.25) is 0 Å². The van der Waals surface area contributed by atoms with Crippen molar-refractivity contribution < 1.29 is 19.1 Å². The summed E-state index contributed by atoms with van der Waals surface area (Å²) in [6, 6.07) is 0.378. The number of rotatable bonds is 6. The molecule has 5 nitrogen and oxygen atoms in total. The van der Waals surface area contributed by atoms with Crippen molar-refractivity contribution in [3.05, 3.63) is 0 Å². The topological polar surface area (TPSA) is 55.8 Å². The van der Waals surface area contributed by atoms with Gasteiger partial charge in [-0.15, -0.1) is 0 Å². The Labute approximate surface area is 108 Å². The third-order valence-corrected chi connectivity index (χ3v) is 3.59. The summed E-state index contributed by atoms with van der Waals surface area (Å²) in [4.78, 5) is 24.9. The summed E-state index contributed by atoms with van der Waals surface area (Å²) >= 11 is 0. The van der Waals surface area contributed by atoms with Gasteiger partial charge in [-0.05, 0) is 19.8 Å². The summed E-state index contributed by atoms with van der Waals surface area (Å²) in [5, 5.41) is 0. The monoisotopic (exact) mass is 257 g/mol. The Balaban J connectivity index is 2.62. The van der Waals surface area contributed by atoms with Crippen LogP contribution in [0, 0.1) is 0 Å². The van der Waals surface area contributed by atoms with E-state index in [0.717, 1.165) is 12.8 Å². The molecule has 1 unspecified atom stereocenters. The van der Waals surface area contributed by atoms with Crippen molar-refractivity contribution in [2.75, 3.05) is 20.8 Å². The first kappa shape index (κ1) is 15.0. The van der Waals surface area contributed by atoms with Crippen LogP contribution in [0.4, 0.5) is 0 Å². The molecule has 5 heteroatoms. The van der Waals surface area contributed by atoms with E-state index in [-0.39, 0.29) is 24.5 Å². The lowest BCUT2D eigenvalue weighted by atomic mass is 10.1. The summed E-state index contributed by atoms with van der Waals surface area (Å²) in [5.41, 5.74) is 0. The Hall–Kier alpha value is -1.10. The summed E-state index contributed by atoms with van der Waals surface area (Å²) in [5.74, 6) is -0.492. The van der Waals surface area contributed by atoms with Crippen molar-refractivity contribution in [3.8, 4) is 0 Å². The van der Waals surface area contributed by atoms with Gasteiger partial charge in [0.1, 0.15) is 0 Å². The zero-order valence-electron chi connectivity index (χ0n) is 11.5. The lowest BCUT2D eigenvalue weighted by Crippen LogP contribution is -2.45. The molecule has 0 bridgehead atoms. The highest BCUT2D eigenvalue weighted by molar-refractivity contribution is 5.72. The molecule has 0 spiro atoms. The minimum Gasteiger partial charge on any atom is -0.469 e. The predicted octanol–water partition coefficient (Wildman–Crippen LogP) is 1.36. The fourth-order valence-corrected chi connectivity index (χ4v) is 2.54. The van der Waals surface area contributed by atoms with Crippen LogP contribution in [0.1, 0.15) is 39.0 Å². The molecule has 0 aliphatic heterocycles. The number of hydrogen-bond acceptors (Lipinski definition) is 5. The maximum atomic E-state index is 11.5. The molecule has 104 valence electrons. The van der Waals surface area contributed by atoms with Crippen LogP contribution in [0.5, 0.6) is 0 Å². The minimum atomic E-state index is -0.251. The van der Waals surface area contributed by atoms with Gasteiger partial charge in [-0.1, -0.05) is 12.8 Å². The molecule has 0 aromatic heterocycles. The van der Waals surface area contributed by atoms with Gasteiger partial charge in [-0.3, -0.25) is 14.5 Å². The van der Waals surface area contributed by atoms with E-state index in [9.17, 15) is 9.59 Å². The van der Waals surface area contributed by atoms with Crippen LogP contribution >= 0.6 is 0 Å². The van der Waals surface area contributed by atoms with Gasteiger partial charge < -0.3 is 9.47 Å². The van der Waals surface area contributed by atoms with Crippen LogP contribution in [-0.2, 0) is 19.1 Å². The maximum Gasteiger partial charge on any atom is 0.319 e. The van der Waals surface area contributed by atoms with Gasteiger partial charge in [-0.2, -0.15) is 0 Å². The van der Waals surface area contributed by atoms with E-state index in [4.69, 9.17) is 4.74 Å².